The Bertz CT molecular complexity index is 686. The highest BCUT2D eigenvalue weighted by Gasteiger charge is 2.18. The van der Waals surface area contributed by atoms with Crippen molar-refractivity contribution in [2.24, 2.45) is 0 Å². The molecule has 0 spiro atoms. The molecule has 132 valence electrons. The molecule has 0 radical (unpaired) electrons. The Kier molecular flexibility index (Phi) is 6.95. The summed E-state index contributed by atoms with van der Waals surface area (Å²) >= 11 is 0. The summed E-state index contributed by atoms with van der Waals surface area (Å²) in [4.78, 5) is 30.0. The third-order valence-corrected chi connectivity index (χ3v) is 3.62. The van der Waals surface area contributed by atoms with Crippen LogP contribution in [0.5, 0.6) is 5.75 Å². The van der Waals surface area contributed by atoms with Gasteiger partial charge in [0, 0.05) is 25.5 Å². The molecular formula is C19H22N2O4. The summed E-state index contributed by atoms with van der Waals surface area (Å²) < 4.78 is 10.1. The quantitative estimate of drug-likeness (QED) is 0.690. The van der Waals surface area contributed by atoms with Gasteiger partial charge in [0.2, 0.25) is 0 Å². The van der Waals surface area contributed by atoms with Crippen LogP contribution in [0.4, 0.5) is 0 Å². The van der Waals surface area contributed by atoms with E-state index in [-0.39, 0.29) is 24.8 Å². The minimum Gasteiger partial charge on any atom is -0.497 e. The molecule has 1 amide bonds. The van der Waals surface area contributed by atoms with Gasteiger partial charge in [-0.15, -0.1) is 0 Å². The second-order valence-electron chi connectivity index (χ2n) is 5.37. The highest BCUT2D eigenvalue weighted by molar-refractivity contribution is 5.94. The smallest absolute Gasteiger partial charge is 0.307 e. The average Bonchev–Trinajstić information content (AvgIpc) is 2.66. The van der Waals surface area contributed by atoms with Crippen LogP contribution >= 0.6 is 0 Å². The van der Waals surface area contributed by atoms with Crippen LogP contribution in [0.25, 0.3) is 0 Å². The maximum Gasteiger partial charge on any atom is 0.307 e. The van der Waals surface area contributed by atoms with Gasteiger partial charge in [-0.05, 0) is 36.8 Å². The molecule has 0 saturated carbocycles. The summed E-state index contributed by atoms with van der Waals surface area (Å²) in [5, 5.41) is 0. The molecule has 6 heteroatoms. The third-order valence-electron chi connectivity index (χ3n) is 3.62. The number of ether oxygens (including phenoxy) is 2. The number of rotatable bonds is 8. The lowest BCUT2D eigenvalue weighted by atomic mass is 10.1. The maximum atomic E-state index is 12.8. The van der Waals surface area contributed by atoms with Gasteiger partial charge in [-0.1, -0.05) is 12.1 Å². The number of nitrogens with zero attached hydrogens (tertiary/aromatic N) is 2. The maximum absolute atomic E-state index is 12.8. The molecule has 0 saturated heterocycles. The van der Waals surface area contributed by atoms with Crippen LogP contribution in [0, 0.1) is 0 Å². The number of pyridine rings is 1. The molecule has 6 nitrogen and oxygen atoms in total. The van der Waals surface area contributed by atoms with Crippen molar-refractivity contribution < 1.29 is 19.1 Å². The standard InChI is InChI=1S/C19H22N2O4/c1-3-25-18(22)10-12-21(19(23)16-5-4-11-20-13-16)14-15-6-8-17(24-2)9-7-15/h4-9,11,13H,3,10,12,14H2,1-2H3. The van der Waals surface area contributed by atoms with Gasteiger partial charge in [-0.25, -0.2) is 0 Å². The first-order valence-electron chi connectivity index (χ1n) is 8.12. The molecule has 1 aromatic heterocycles. The summed E-state index contributed by atoms with van der Waals surface area (Å²) in [7, 11) is 1.60. The fourth-order valence-corrected chi connectivity index (χ4v) is 2.33. The van der Waals surface area contributed by atoms with E-state index in [0.29, 0.717) is 18.7 Å². The predicted octanol–water partition coefficient (Wildman–Crippen LogP) is 2.69. The van der Waals surface area contributed by atoms with Gasteiger partial charge in [-0.2, -0.15) is 0 Å². The lowest BCUT2D eigenvalue weighted by Gasteiger charge is -2.22. The summed E-state index contributed by atoms with van der Waals surface area (Å²) in [5.41, 5.74) is 1.43. The van der Waals surface area contributed by atoms with E-state index in [2.05, 4.69) is 4.98 Å². The van der Waals surface area contributed by atoms with Gasteiger partial charge in [-0.3, -0.25) is 14.6 Å². The molecule has 0 N–H and O–H groups in total. The average molecular weight is 342 g/mol. The van der Waals surface area contributed by atoms with Gasteiger partial charge in [0.15, 0.2) is 0 Å². The second kappa shape index (κ2) is 9.42. The number of carbonyl (C=O) groups excluding carboxylic acids is 2. The van der Waals surface area contributed by atoms with Crippen LogP contribution in [0.15, 0.2) is 48.8 Å². The Hall–Kier alpha value is -2.89. The van der Waals surface area contributed by atoms with Crippen molar-refractivity contribution in [2.45, 2.75) is 19.9 Å². The molecule has 0 aliphatic carbocycles. The number of carbonyl (C=O) groups is 2. The van der Waals surface area contributed by atoms with Crippen LogP contribution < -0.4 is 4.74 Å². The van der Waals surface area contributed by atoms with Crippen LogP contribution in [0.1, 0.15) is 29.3 Å². The van der Waals surface area contributed by atoms with E-state index < -0.39 is 0 Å². The lowest BCUT2D eigenvalue weighted by molar-refractivity contribution is -0.143. The molecule has 1 aromatic carbocycles. The van der Waals surface area contributed by atoms with Crippen LogP contribution in [-0.4, -0.2) is 42.0 Å². The second-order valence-corrected chi connectivity index (χ2v) is 5.37. The zero-order valence-corrected chi connectivity index (χ0v) is 14.5. The zero-order chi connectivity index (χ0) is 18.1. The number of amides is 1. The summed E-state index contributed by atoms with van der Waals surface area (Å²) in [5.74, 6) is 0.259. The van der Waals surface area contributed by atoms with E-state index in [1.807, 2.05) is 24.3 Å². The fourth-order valence-electron chi connectivity index (χ4n) is 2.33. The van der Waals surface area contributed by atoms with Gasteiger partial charge in [0.05, 0.1) is 25.7 Å². The van der Waals surface area contributed by atoms with Crippen molar-refractivity contribution in [1.82, 2.24) is 9.88 Å². The molecule has 2 aromatic rings. The molecular weight excluding hydrogens is 320 g/mol. The van der Waals surface area contributed by atoms with Crippen molar-refractivity contribution in [1.29, 1.82) is 0 Å². The first-order chi connectivity index (χ1) is 12.1. The third kappa shape index (κ3) is 5.60. The molecule has 0 unspecified atom stereocenters. The van der Waals surface area contributed by atoms with Crippen LogP contribution in [0.2, 0.25) is 0 Å². The fraction of sp³-hybridized carbons (Fsp3) is 0.316. The Balaban J connectivity index is 2.12. The monoisotopic (exact) mass is 342 g/mol. The molecule has 0 aliphatic heterocycles. The first kappa shape index (κ1) is 18.4. The van der Waals surface area contributed by atoms with Gasteiger partial charge in [0.25, 0.3) is 5.91 Å². The summed E-state index contributed by atoms with van der Waals surface area (Å²) in [6.07, 6.45) is 3.28. The summed E-state index contributed by atoms with van der Waals surface area (Å²) in [6, 6.07) is 10.9. The van der Waals surface area contributed by atoms with Crippen molar-refractivity contribution in [3.8, 4) is 5.75 Å². The van der Waals surface area contributed by atoms with E-state index in [0.717, 1.165) is 11.3 Å². The van der Waals surface area contributed by atoms with Gasteiger partial charge < -0.3 is 14.4 Å². The van der Waals surface area contributed by atoms with Gasteiger partial charge >= 0.3 is 5.97 Å². The van der Waals surface area contributed by atoms with Crippen molar-refractivity contribution in [2.75, 3.05) is 20.3 Å². The first-order valence-corrected chi connectivity index (χ1v) is 8.12. The minimum absolute atomic E-state index is 0.149. The van der Waals surface area contributed by atoms with E-state index in [1.165, 1.54) is 6.20 Å². The van der Waals surface area contributed by atoms with E-state index in [4.69, 9.17) is 9.47 Å². The molecule has 0 bridgehead atoms. The van der Waals surface area contributed by atoms with E-state index in [9.17, 15) is 9.59 Å². The molecule has 0 fully saturated rings. The lowest BCUT2D eigenvalue weighted by Crippen LogP contribution is -2.33. The molecule has 0 atom stereocenters. The van der Waals surface area contributed by atoms with Crippen molar-refractivity contribution in [3.05, 3.63) is 59.9 Å². The zero-order valence-electron chi connectivity index (χ0n) is 14.5. The van der Waals surface area contributed by atoms with Crippen LogP contribution in [-0.2, 0) is 16.1 Å². The SMILES string of the molecule is CCOC(=O)CCN(Cc1ccc(OC)cc1)C(=O)c1cccnc1. The number of esters is 1. The van der Waals surface area contributed by atoms with Crippen LogP contribution in [0.3, 0.4) is 0 Å². The van der Waals surface area contributed by atoms with E-state index in [1.54, 1.807) is 37.3 Å². The highest BCUT2D eigenvalue weighted by atomic mass is 16.5. The minimum atomic E-state index is -0.318. The Labute approximate surface area is 147 Å². The number of hydrogen-bond donors (Lipinski definition) is 0. The Morgan fingerprint density at radius 2 is 1.92 bits per heavy atom. The molecule has 25 heavy (non-hydrogen) atoms. The largest absolute Gasteiger partial charge is 0.497 e. The topological polar surface area (TPSA) is 68.7 Å². The predicted molar refractivity (Wildman–Crippen MR) is 93.2 cm³/mol. The number of benzene rings is 1. The molecule has 0 aliphatic rings. The Morgan fingerprint density at radius 1 is 1.16 bits per heavy atom. The van der Waals surface area contributed by atoms with E-state index >= 15 is 0 Å². The highest BCUT2D eigenvalue weighted by Crippen LogP contribution is 2.15. The summed E-state index contributed by atoms with van der Waals surface area (Å²) in [6.45, 7) is 2.75. The molecule has 2 rings (SSSR count). The number of methoxy groups -OCH3 is 1. The molecule has 1 heterocycles. The number of hydrogen-bond acceptors (Lipinski definition) is 5. The van der Waals surface area contributed by atoms with Gasteiger partial charge in [0.1, 0.15) is 5.75 Å². The Morgan fingerprint density at radius 3 is 2.52 bits per heavy atom. The van der Waals surface area contributed by atoms with Crippen molar-refractivity contribution >= 4 is 11.9 Å². The van der Waals surface area contributed by atoms with Crippen molar-refractivity contribution in [3.63, 3.8) is 0 Å². The normalized spacial score (nSPS) is 10.2. The number of aromatic nitrogens is 1.